The van der Waals surface area contributed by atoms with Crippen molar-refractivity contribution >= 4 is 11.9 Å². The molecule has 1 atom stereocenters. The summed E-state index contributed by atoms with van der Waals surface area (Å²) in [7, 11) is 2.73. The van der Waals surface area contributed by atoms with Crippen molar-refractivity contribution in [1.29, 1.82) is 0 Å². The smallest absolute Gasteiger partial charge is 0.331 e. The Labute approximate surface area is 159 Å². The molecular weight excluding hydrogens is 376 g/mol. The second kappa shape index (κ2) is 7.71. The van der Waals surface area contributed by atoms with Crippen LogP contribution in [0.3, 0.4) is 0 Å². The molecule has 0 spiro atoms. The highest BCUT2D eigenvalue weighted by Crippen LogP contribution is 2.43. The quantitative estimate of drug-likeness (QED) is 0.840. The zero-order valence-electron chi connectivity index (χ0n) is 15.1. The lowest BCUT2D eigenvalue weighted by molar-refractivity contribution is -0.151. The predicted octanol–water partition coefficient (Wildman–Crippen LogP) is 2.53. The summed E-state index contributed by atoms with van der Waals surface area (Å²) >= 11 is 0. The van der Waals surface area contributed by atoms with Crippen molar-refractivity contribution in [2.75, 3.05) is 20.8 Å². The van der Waals surface area contributed by atoms with Crippen molar-refractivity contribution < 1.29 is 37.7 Å². The number of rotatable bonds is 5. The van der Waals surface area contributed by atoms with Gasteiger partial charge in [0.15, 0.2) is 12.6 Å². The highest BCUT2D eigenvalue weighted by molar-refractivity contribution is 5.88. The van der Waals surface area contributed by atoms with Crippen LogP contribution in [0.25, 0.3) is 0 Å². The third-order valence-corrected chi connectivity index (χ3v) is 4.41. The van der Waals surface area contributed by atoms with Crippen LogP contribution in [0.15, 0.2) is 30.3 Å². The zero-order valence-corrected chi connectivity index (χ0v) is 15.1. The van der Waals surface area contributed by atoms with E-state index in [1.807, 2.05) is 0 Å². The number of methoxy groups -OCH3 is 2. The summed E-state index contributed by atoms with van der Waals surface area (Å²) in [6, 6.07) is 4.54. The second-order valence-electron chi connectivity index (χ2n) is 5.99. The fraction of sp³-hybridized carbons (Fsp3) is 0.263. The summed E-state index contributed by atoms with van der Waals surface area (Å²) in [4.78, 5) is 25.5. The van der Waals surface area contributed by atoms with Gasteiger partial charge >= 0.3 is 5.97 Å². The van der Waals surface area contributed by atoms with Gasteiger partial charge in [0.25, 0.3) is 5.91 Å². The zero-order chi connectivity index (χ0) is 20.4. The molecule has 1 aliphatic heterocycles. The first-order valence-electron chi connectivity index (χ1n) is 8.21. The van der Waals surface area contributed by atoms with Crippen LogP contribution < -0.4 is 14.2 Å². The van der Waals surface area contributed by atoms with Crippen molar-refractivity contribution in [2.24, 2.45) is 0 Å². The molecule has 1 amide bonds. The first-order valence-corrected chi connectivity index (χ1v) is 8.21. The standard InChI is InChI=1S/C19H17F2NO6/c1-26-10-6-14(27-2)17-15(7-10)28-9-16(23)22(18(17)19(24)25)8-11-12(20)4-3-5-13(11)21/h3-7,18H,8-9H2,1-2H3,(H,24,25). The fourth-order valence-corrected chi connectivity index (χ4v) is 3.06. The first kappa shape index (κ1) is 19.4. The van der Waals surface area contributed by atoms with Gasteiger partial charge in [0.1, 0.15) is 28.9 Å². The molecule has 0 bridgehead atoms. The van der Waals surface area contributed by atoms with Gasteiger partial charge in [-0.2, -0.15) is 0 Å². The maximum Gasteiger partial charge on any atom is 0.331 e. The van der Waals surface area contributed by atoms with E-state index in [4.69, 9.17) is 14.2 Å². The Balaban J connectivity index is 2.16. The average Bonchev–Trinajstić information content (AvgIpc) is 2.81. The molecule has 0 saturated heterocycles. The molecule has 3 rings (SSSR count). The number of ether oxygens (including phenoxy) is 3. The number of halogens is 2. The number of hydrogen-bond acceptors (Lipinski definition) is 5. The minimum absolute atomic E-state index is 0.0541. The number of carboxylic acids is 1. The molecule has 28 heavy (non-hydrogen) atoms. The molecule has 1 aliphatic rings. The molecule has 0 radical (unpaired) electrons. The summed E-state index contributed by atoms with van der Waals surface area (Å²) in [6.07, 6.45) is 0. The summed E-state index contributed by atoms with van der Waals surface area (Å²) in [5.74, 6) is -3.40. The molecule has 7 nitrogen and oxygen atoms in total. The first-order chi connectivity index (χ1) is 13.4. The number of carbonyl (C=O) groups excluding carboxylic acids is 1. The Morgan fingerprint density at radius 3 is 2.50 bits per heavy atom. The highest BCUT2D eigenvalue weighted by atomic mass is 19.1. The van der Waals surface area contributed by atoms with Gasteiger partial charge in [-0.15, -0.1) is 0 Å². The predicted molar refractivity (Wildman–Crippen MR) is 92.3 cm³/mol. The molecule has 2 aromatic carbocycles. The maximum atomic E-state index is 14.1. The van der Waals surface area contributed by atoms with Gasteiger partial charge in [-0.05, 0) is 12.1 Å². The van der Waals surface area contributed by atoms with Crippen LogP contribution in [0, 0.1) is 11.6 Å². The van der Waals surface area contributed by atoms with E-state index in [1.165, 1.54) is 32.4 Å². The molecule has 1 heterocycles. The monoisotopic (exact) mass is 393 g/mol. The summed E-state index contributed by atoms with van der Waals surface area (Å²) in [6.45, 7) is -1.10. The van der Waals surface area contributed by atoms with E-state index in [0.29, 0.717) is 5.75 Å². The lowest BCUT2D eigenvalue weighted by Crippen LogP contribution is -2.39. The van der Waals surface area contributed by atoms with E-state index >= 15 is 0 Å². The number of hydrogen-bond donors (Lipinski definition) is 1. The van der Waals surface area contributed by atoms with Crippen molar-refractivity contribution in [2.45, 2.75) is 12.6 Å². The van der Waals surface area contributed by atoms with Crippen LogP contribution in [-0.4, -0.2) is 42.7 Å². The van der Waals surface area contributed by atoms with E-state index in [0.717, 1.165) is 17.0 Å². The Kier molecular flexibility index (Phi) is 5.34. The van der Waals surface area contributed by atoms with Crippen molar-refractivity contribution in [3.8, 4) is 17.2 Å². The Hall–Kier alpha value is -3.36. The van der Waals surface area contributed by atoms with Crippen LogP contribution >= 0.6 is 0 Å². The molecular formula is C19H17F2NO6. The van der Waals surface area contributed by atoms with E-state index in [9.17, 15) is 23.5 Å². The number of amides is 1. The molecule has 9 heteroatoms. The minimum Gasteiger partial charge on any atom is -0.496 e. The average molecular weight is 393 g/mol. The molecule has 148 valence electrons. The van der Waals surface area contributed by atoms with E-state index in [1.54, 1.807) is 0 Å². The minimum atomic E-state index is -1.58. The van der Waals surface area contributed by atoms with Crippen LogP contribution in [0.5, 0.6) is 17.2 Å². The van der Waals surface area contributed by atoms with Crippen molar-refractivity contribution in [3.05, 3.63) is 53.1 Å². The molecule has 0 aromatic heterocycles. The lowest BCUT2D eigenvalue weighted by atomic mass is 10.0. The molecule has 0 aliphatic carbocycles. The number of aliphatic carboxylic acids is 1. The third kappa shape index (κ3) is 3.42. The van der Waals surface area contributed by atoms with Gasteiger partial charge < -0.3 is 24.2 Å². The van der Waals surface area contributed by atoms with Gasteiger partial charge in [0.05, 0.1) is 26.3 Å². The third-order valence-electron chi connectivity index (χ3n) is 4.41. The lowest BCUT2D eigenvalue weighted by Gasteiger charge is -2.28. The van der Waals surface area contributed by atoms with Gasteiger partial charge in [-0.3, -0.25) is 4.79 Å². The molecule has 0 saturated carbocycles. The van der Waals surface area contributed by atoms with E-state index in [2.05, 4.69) is 0 Å². The normalized spacial score (nSPS) is 16.1. The largest absolute Gasteiger partial charge is 0.496 e. The number of carbonyl (C=O) groups is 2. The van der Waals surface area contributed by atoms with Crippen molar-refractivity contribution in [1.82, 2.24) is 4.90 Å². The van der Waals surface area contributed by atoms with Crippen LogP contribution in [0.4, 0.5) is 8.78 Å². The Morgan fingerprint density at radius 2 is 1.93 bits per heavy atom. The number of carboxylic acid groups (broad SMARTS) is 1. The van der Waals surface area contributed by atoms with Crippen LogP contribution in [0.1, 0.15) is 17.2 Å². The maximum absolute atomic E-state index is 14.1. The molecule has 1 N–H and O–H groups in total. The van der Waals surface area contributed by atoms with Crippen LogP contribution in [0.2, 0.25) is 0 Å². The molecule has 2 aromatic rings. The van der Waals surface area contributed by atoms with Gasteiger partial charge in [0.2, 0.25) is 0 Å². The summed E-state index contributed by atoms with van der Waals surface area (Å²) in [5, 5.41) is 9.84. The van der Waals surface area contributed by atoms with E-state index < -0.39 is 48.3 Å². The Bertz CT molecular complexity index is 913. The summed E-state index contributed by atoms with van der Waals surface area (Å²) in [5.41, 5.74) is -0.364. The number of nitrogens with zero attached hydrogens (tertiary/aromatic N) is 1. The van der Waals surface area contributed by atoms with Gasteiger partial charge in [-0.25, -0.2) is 13.6 Å². The molecule has 1 unspecified atom stereocenters. The fourth-order valence-electron chi connectivity index (χ4n) is 3.06. The summed E-state index contributed by atoms with van der Waals surface area (Å²) < 4.78 is 44.1. The topological polar surface area (TPSA) is 85.3 Å². The second-order valence-corrected chi connectivity index (χ2v) is 5.99. The highest BCUT2D eigenvalue weighted by Gasteiger charge is 2.39. The van der Waals surface area contributed by atoms with Crippen molar-refractivity contribution in [3.63, 3.8) is 0 Å². The molecule has 0 fully saturated rings. The SMILES string of the molecule is COc1cc(OC)c2c(c1)OCC(=O)N(Cc1c(F)cccc1F)C2C(=O)O. The van der Waals surface area contributed by atoms with Crippen LogP contribution in [-0.2, 0) is 16.1 Å². The Morgan fingerprint density at radius 1 is 1.25 bits per heavy atom. The number of benzene rings is 2. The van der Waals surface area contributed by atoms with Gasteiger partial charge in [0, 0.05) is 17.7 Å². The van der Waals surface area contributed by atoms with Gasteiger partial charge in [-0.1, -0.05) is 6.07 Å². The van der Waals surface area contributed by atoms with E-state index in [-0.39, 0.29) is 17.1 Å². The number of fused-ring (bicyclic) bond motifs is 1.